The van der Waals surface area contributed by atoms with Gasteiger partial charge in [-0.2, -0.15) is 0 Å². The van der Waals surface area contributed by atoms with Gasteiger partial charge in [0.25, 0.3) is 0 Å². The van der Waals surface area contributed by atoms with E-state index in [1.807, 2.05) is 48.5 Å². The maximum absolute atomic E-state index is 12.7. The van der Waals surface area contributed by atoms with Gasteiger partial charge in [0.05, 0.1) is 16.8 Å². The van der Waals surface area contributed by atoms with E-state index in [1.54, 1.807) is 28.8 Å². The summed E-state index contributed by atoms with van der Waals surface area (Å²) in [5, 5.41) is 13.4. The first-order valence-electron chi connectivity index (χ1n) is 11.7. The molecule has 4 rings (SSSR count). The van der Waals surface area contributed by atoms with Crippen molar-refractivity contribution < 1.29 is 24.2 Å². The number of hydrogen-bond donors (Lipinski definition) is 1. The van der Waals surface area contributed by atoms with Crippen LogP contribution in [0.5, 0.6) is 11.5 Å². The number of hydrogen-bond acceptors (Lipinski definition) is 7. The van der Waals surface area contributed by atoms with Crippen molar-refractivity contribution in [2.75, 3.05) is 13.7 Å². The number of carbonyl (C=O) groups is 1. The predicted octanol–water partition coefficient (Wildman–Crippen LogP) is 5.17. The summed E-state index contributed by atoms with van der Waals surface area (Å²) >= 11 is 1.20. The third kappa shape index (κ3) is 6.18. The van der Waals surface area contributed by atoms with E-state index < -0.39 is 11.6 Å². The summed E-state index contributed by atoms with van der Waals surface area (Å²) in [6.07, 6.45) is 0.637. The summed E-state index contributed by atoms with van der Waals surface area (Å²) in [4.78, 5) is 29.0. The highest BCUT2D eigenvalue weighted by Crippen LogP contribution is 2.24. The molecule has 1 heterocycles. The fourth-order valence-corrected chi connectivity index (χ4v) is 4.70. The van der Waals surface area contributed by atoms with E-state index >= 15 is 0 Å². The van der Waals surface area contributed by atoms with Gasteiger partial charge in [0, 0.05) is 17.7 Å². The third-order valence-electron chi connectivity index (χ3n) is 5.68. The molecule has 192 valence electrons. The molecule has 0 fully saturated rings. The molecule has 0 bridgehead atoms. The number of rotatable bonds is 11. The number of nitrogens with zero attached hydrogens (tertiary/aromatic N) is 2. The number of fused-ring (bicyclic) bond motifs is 1. The number of carboxylic acid groups (broad SMARTS) is 1. The van der Waals surface area contributed by atoms with Crippen LogP contribution in [0.2, 0.25) is 0 Å². The lowest BCUT2D eigenvalue weighted by atomic mass is 10.0. The van der Waals surface area contributed by atoms with Crippen molar-refractivity contribution in [1.82, 2.24) is 4.57 Å². The van der Waals surface area contributed by atoms with Crippen LogP contribution in [0.15, 0.2) is 82.7 Å². The van der Waals surface area contributed by atoms with Crippen molar-refractivity contribution >= 4 is 33.2 Å². The lowest BCUT2D eigenvalue weighted by molar-refractivity contribution is -0.152. The van der Waals surface area contributed by atoms with Gasteiger partial charge >= 0.3 is 10.8 Å². The smallest absolute Gasteiger partial charge is 0.347 e. The van der Waals surface area contributed by atoms with Crippen LogP contribution in [0.4, 0.5) is 0 Å². The molecule has 0 saturated carbocycles. The number of aromatic nitrogens is 1. The van der Waals surface area contributed by atoms with E-state index in [9.17, 15) is 14.7 Å². The average molecular weight is 521 g/mol. The highest BCUT2D eigenvalue weighted by Gasteiger charge is 2.29. The lowest BCUT2D eigenvalue weighted by Crippen LogP contribution is -2.37. The van der Waals surface area contributed by atoms with Crippen LogP contribution in [-0.4, -0.2) is 40.7 Å². The van der Waals surface area contributed by atoms with Crippen LogP contribution in [0.1, 0.15) is 31.4 Å². The van der Waals surface area contributed by atoms with Crippen LogP contribution in [-0.2, 0) is 16.2 Å². The summed E-state index contributed by atoms with van der Waals surface area (Å²) in [7, 11) is 1.51. The summed E-state index contributed by atoms with van der Waals surface area (Å²) in [6.45, 7) is 3.92. The Kier molecular flexibility index (Phi) is 7.93. The van der Waals surface area contributed by atoms with Crippen molar-refractivity contribution in [3.8, 4) is 11.5 Å². The van der Waals surface area contributed by atoms with Crippen LogP contribution >= 0.6 is 11.3 Å². The number of oxime groups is 1. The molecule has 0 spiro atoms. The summed E-state index contributed by atoms with van der Waals surface area (Å²) in [5.41, 5.74) is 2.05. The van der Waals surface area contributed by atoms with Crippen LogP contribution in [0, 0.1) is 0 Å². The Hall–Kier alpha value is -4.11. The second-order valence-corrected chi connectivity index (χ2v) is 9.77. The first kappa shape index (κ1) is 26.0. The Bertz CT molecular complexity index is 1460. The van der Waals surface area contributed by atoms with Gasteiger partial charge in [0.1, 0.15) is 24.3 Å². The zero-order chi connectivity index (χ0) is 26.4. The Labute approximate surface area is 218 Å². The van der Waals surface area contributed by atoms with E-state index in [0.29, 0.717) is 36.8 Å². The molecule has 4 aromatic rings. The Balaban J connectivity index is 1.39. The maximum Gasteiger partial charge on any atom is 0.347 e. The molecule has 0 aliphatic rings. The number of carboxylic acids is 1. The van der Waals surface area contributed by atoms with Gasteiger partial charge in [-0.3, -0.25) is 9.36 Å². The largest absolute Gasteiger partial charge is 0.494 e. The summed E-state index contributed by atoms with van der Waals surface area (Å²) in [6, 6.07) is 22.4. The Morgan fingerprint density at radius 2 is 1.70 bits per heavy atom. The van der Waals surface area contributed by atoms with Gasteiger partial charge < -0.3 is 19.4 Å². The van der Waals surface area contributed by atoms with Gasteiger partial charge in [-0.1, -0.05) is 52.9 Å². The first-order chi connectivity index (χ1) is 17.8. The Morgan fingerprint density at radius 1 is 1.00 bits per heavy atom. The normalized spacial score (nSPS) is 11.9. The zero-order valence-corrected chi connectivity index (χ0v) is 21.7. The second-order valence-electron chi connectivity index (χ2n) is 8.78. The fraction of sp³-hybridized carbons (Fsp3) is 0.250. The second kappa shape index (κ2) is 11.3. The molecule has 0 amide bonds. The molecule has 0 aliphatic heterocycles. The lowest BCUT2D eigenvalue weighted by Gasteiger charge is -2.21. The Morgan fingerprint density at radius 3 is 2.38 bits per heavy atom. The van der Waals surface area contributed by atoms with Crippen LogP contribution < -0.4 is 14.3 Å². The molecule has 9 heteroatoms. The van der Waals surface area contributed by atoms with Crippen molar-refractivity contribution in [2.45, 2.75) is 32.4 Å². The number of ether oxygens (including phenoxy) is 2. The molecule has 0 atom stereocenters. The molecule has 1 N–H and O–H groups in total. The van der Waals surface area contributed by atoms with Crippen molar-refractivity contribution in [3.63, 3.8) is 0 Å². The molecule has 1 aromatic heterocycles. The highest BCUT2D eigenvalue weighted by atomic mass is 32.1. The standard InChI is InChI=1S/C28H28N2O6S/c1-28(2,26(31)32)36-22-13-11-21(12-14-22)35-17-7-16-30-23-15-10-20(18-24(23)37-27(30)33)25(29-34-3)19-8-5-4-6-9-19/h4-6,8-15,18H,7,16-17H2,1-3H3,(H,31,32)/b29-25+. The van der Waals surface area contributed by atoms with Gasteiger partial charge in [0.2, 0.25) is 0 Å². The monoisotopic (exact) mass is 520 g/mol. The maximum atomic E-state index is 12.7. The van der Waals surface area contributed by atoms with Gasteiger partial charge in [-0.05, 0) is 56.7 Å². The van der Waals surface area contributed by atoms with Crippen molar-refractivity contribution in [2.24, 2.45) is 5.16 Å². The molecule has 0 unspecified atom stereocenters. The quantitative estimate of drug-likeness (QED) is 0.166. The minimum Gasteiger partial charge on any atom is -0.494 e. The van der Waals surface area contributed by atoms with Crippen molar-refractivity contribution in [3.05, 3.63) is 93.6 Å². The SMILES string of the molecule is CO/N=C(\c1ccccc1)c1ccc2c(c1)sc(=O)n2CCCOc1ccc(OC(C)(C)C(=O)O)cc1. The number of aliphatic carboxylic acids is 1. The molecule has 8 nitrogen and oxygen atoms in total. The zero-order valence-electron chi connectivity index (χ0n) is 20.8. The van der Waals surface area contributed by atoms with E-state index in [0.717, 1.165) is 21.3 Å². The molecule has 0 radical (unpaired) electrons. The molecular formula is C28H28N2O6S. The molecule has 0 aliphatic carbocycles. The molecule has 37 heavy (non-hydrogen) atoms. The van der Waals surface area contributed by atoms with Crippen LogP contribution in [0.3, 0.4) is 0 Å². The van der Waals surface area contributed by atoms with E-state index in [1.165, 1.54) is 32.3 Å². The molecular weight excluding hydrogens is 492 g/mol. The van der Waals surface area contributed by atoms with Gasteiger partial charge in [-0.15, -0.1) is 0 Å². The fourth-order valence-electron chi connectivity index (χ4n) is 3.74. The first-order valence-corrected chi connectivity index (χ1v) is 12.6. The number of benzene rings is 3. The third-order valence-corrected chi connectivity index (χ3v) is 6.62. The van der Waals surface area contributed by atoms with Gasteiger partial charge in [0.15, 0.2) is 5.60 Å². The highest BCUT2D eigenvalue weighted by molar-refractivity contribution is 7.16. The average Bonchev–Trinajstić information content (AvgIpc) is 3.20. The van der Waals surface area contributed by atoms with Crippen molar-refractivity contribution in [1.29, 1.82) is 0 Å². The van der Waals surface area contributed by atoms with Crippen LogP contribution in [0.25, 0.3) is 10.2 Å². The summed E-state index contributed by atoms with van der Waals surface area (Å²) < 4.78 is 13.9. The molecule has 0 saturated heterocycles. The predicted molar refractivity (Wildman–Crippen MR) is 144 cm³/mol. The number of thiazole rings is 1. The number of aryl methyl sites for hydroxylation is 1. The van der Waals surface area contributed by atoms with Gasteiger partial charge in [-0.25, -0.2) is 4.79 Å². The van der Waals surface area contributed by atoms with E-state index in [-0.39, 0.29) is 4.87 Å². The van der Waals surface area contributed by atoms with E-state index in [4.69, 9.17) is 14.3 Å². The molecule has 3 aromatic carbocycles. The summed E-state index contributed by atoms with van der Waals surface area (Å²) in [5.74, 6) is 0.0416. The minimum absolute atomic E-state index is 0.0281. The minimum atomic E-state index is -1.32. The topological polar surface area (TPSA) is 99.4 Å². The van der Waals surface area contributed by atoms with E-state index in [2.05, 4.69) is 5.16 Å².